The summed E-state index contributed by atoms with van der Waals surface area (Å²) < 4.78 is 20.9. The average molecular weight is 382 g/mol. The Labute approximate surface area is 158 Å². The highest BCUT2D eigenvalue weighted by molar-refractivity contribution is 7.07. The van der Waals surface area contributed by atoms with Crippen LogP contribution in [0.15, 0.2) is 57.9 Å². The zero-order valence-corrected chi connectivity index (χ0v) is 15.2. The number of hydrogen-bond donors (Lipinski definition) is 1. The first kappa shape index (κ1) is 17.2. The van der Waals surface area contributed by atoms with Crippen LogP contribution >= 0.6 is 11.3 Å². The lowest BCUT2D eigenvalue weighted by atomic mass is 10.1. The minimum Gasteiger partial charge on any atom is -0.482 e. The van der Waals surface area contributed by atoms with E-state index in [0.717, 1.165) is 11.3 Å². The van der Waals surface area contributed by atoms with Crippen molar-refractivity contribution in [3.63, 3.8) is 0 Å². The van der Waals surface area contributed by atoms with E-state index >= 15 is 0 Å². The fourth-order valence-corrected chi connectivity index (χ4v) is 3.51. The van der Waals surface area contributed by atoms with Crippen molar-refractivity contribution in [1.29, 1.82) is 0 Å². The highest BCUT2D eigenvalue weighted by atomic mass is 32.1. The molecule has 8 heteroatoms. The van der Waals surface area contributed by atoms with Crippen molar-refractivity contribution < 1.29 is 13.9 Å². The molecule has 3 aromatic rings. The first-order valence-corrected chi connectivity index (χ1v) is 9.03. The molecule has 0 spiro atoms. The Bertz CT molecular complexity index is 1120. The standard InChI is InChI=1S/C19H15FN4O2S/c1-21-19-24(22-9-13-4-2-3-5-14(13)20)16(11-27-19)12-6-7-17-15(8-12)23-18(25)10-26-17/h2-9,11H,10H2,1H3,(H,23,25)/b21-19?,22-9+. The smallest absolute Gasteiger partial charge is 0.262 e. The number of nitrogens with zero attached hydrogens (tertiary/aromatic N) is 3. The quantitative estimate of drug-likeness (QED) is 0.708. The number of carbonyl (C=O) groups is 1. The molecule has 0 radical (unpaired) electrons. The van der Waals surface area contributed by atoms with Gasteiger partial charge in [0.05, 0.1) is 17.6 Å². The number of nitrogens with one attached hydrogen (secondary N) is 1. The lowest BCUT2D eigenvalue weighted by molar-refractivity contribution is -0.118. The number of ether oxygens (including phenoxy) is 1. The highest BCUT2D eigenvalue weighted by Gasteiger charge is 2.17. The third-order valence-electron chi connectivity index (χ3n) is 4.00. The van der Waals surface area contributed by atoms with Crippen LogP contribution in [0.2, 0.25) is 0 Å². The van der Waals surface area contributed by atoms with Gasteiger partial charge >= 0.3 is 0 Å². The number of rotatable bonds is 3. The number of carbonyl (C=O) groups excluding carboxylic acids is 1. The molecule has 0 fully saturated rings. The summed E-state index contributed by atoms with van der Waals surface area (Å²) in [6.45, 7) is 0.0105. The molecule has 0 saturated heterocycles. The largest absolute Gasteiger partial charge is 0.482 e. The van der Waals surface area contributed by atoms with E-state index in [2.05, 4.69) is 15.4 Å². The van der Waals surface area contributed by atoms with Crippen LogP contribution in [-0.4, -0.2) is 30.5 Å². The third kappa shape index (κ3) is 3.39. The van der Waals surface area contributed by atoms with Crippen LogP contribution in [0, 0.1) is 5.82 Å². The summed E-state index contributed by atoms with van der Waals surface area (Å²) in [5.74, 6) is 0.0808. The van der Waals surface area contributed by atoms with Crippen LogP contribution in [0.4, 0.5) is 10.1 Å². The van der Waals surface area contributed by atoms with E-state index in [9.17, 15) is 9.18 Å². The van der Waals surface area contributed by atoms with Crippen LogP contribution in [0.1, 0.15) is 5.56 Å². The SMILES string of the molecule is CN=c1scc(-c2ccc3c(c2)NC(=O)CO3)n1/N=C/c1ccccc1F. The Kier molecular flexibility index (Phi) is 4.55. The fourth-order valence-electron chi connectivity index (χ4n) is 2.70. The Morgan fingerprint density at radius 3 is 2.96 bits per heavy atom. The lowest BCUT2D eigenvalue weighted by Gasteiger charge is -2.18. The van der Waals surface area contributed by atoms with E-state index in [1.165, 1.54) is 23.6 Å². The topological polar surface area (TPSA) is 68.0 Å². The molecule has 0 atom stereocenters. The number of fused-ring (bicyclic) bond motifs is 1. The number of benzene rings is 2. The number of aromatic nitrogens is 1. The zero-order valence-electron chi connectivity index (χ0n) is 14.3. The molecule has 27 heavy (non-hydrogen) atoms. The predicted molar refractivity (Wildman–Crippen MR) is 103 cm³/mol. The van der Waals surface area contributed by atoms with Crippen LogP contribution in [0.3, 0.4) is 0 Å². The summed E-state index contributed by atoms with van der Waals surface area (Å²) in [4.78, 5) is 16.5. The zero-order chi connectivity index (χ0) is 18.8. The summed E-state index contributed by atoms with van der Waals surface area (Å²) in [6.07, 6.45) is 1.46. The molecule has 0 saturated carbocycles. The van der Waals surface area contributed by atoms with Crippen LogP contribution in [0.25, 0.3) is 11.3 Å². The van der Waals surface area contributed by atoms with Crippen molar-refractivity contribution >= 4 is 29.1 Å². The van der Waals surface area contributed by atoms with Gasteiger partial charge in [-0.2, -0.15) is 5.10 Å². The van der Waals surface area contributed by atoms with Gasteiger partial charge in [0.25, 0.3) is 5.91 Å². The highest BCUT2D eigenvalue weighted by Crippen LogP contribution is 2.32. The van der Waals surface area contributed by atoms with Gasteiger partial charge in [-0.15, -0.1) is 11.3 Å². The molecule has 0 bridgehead atoms. The predicted octanol–water partition coefficient (Wildman–Crippen LogP) is 3.10. The van der Waals surface area contributed by atoms with Gasteiger partial charge in [0.1, 0.15) is 11.6 Å². The van der Waals surface area contributed by atoms with Gasteiger partial charge in [-0.05, 0) is 24.3 Å². The third-order valence-corrected chi connectivity index (χ3v) is 4.91. The Hall–Kier alpha value is -3.26. The molecule has 1 aliphatic rings. The van der Waals surface area contributed by atoms with E-state index in [1.54, 1.807) is 36.0 Å². The summed E-state index contributed by atoms with van der Waals surface area (Å²) in [7, 11) is 1.67. The minimum absolute atomic E-state index is 0.0105. The fraction of sp³-hybridized carbons (Fsp3) is 0.105. The maximum Gasteiger partial charge on any atom is 0.262 e. The van der Waals surface area contributed by atoms with Gasteiger partial charge in [0.2, 0.25) is 4.80 Å². The molecule has 6 nitrogen and oxygen atoms in total. The molecule has 1 aliphatic heterocycles. The van der Waals surface area contributed by atoms with Crippen LogP contribution < -0.4 is 14.9 Å². The Morgan fingerprint density at radius 1 is 1.30 bits per heavy atom. The van der Waals surface area contributed by atoms with E-state index in [1.807, 2.05) is 17.5 Å². The molecule has 136 valence electrons. The average Bonchev–Trinajstić information content (AvgIpc) is 3.09. The number of anilines is 1. The first-order chi connectivity index (χ1) is 13.2. The van der Waals surface area contributed by atoms with Crippen molar-refractivity contribution in [3.05, 3.63) is 64.0 Å². The van der Waals surface area contributed by atoms with E-state index in [-0.39, 0.29) is 18.3 Å². The van der Waals surface area contributed by atoms with E-state index < -0.39 is 0 Å². The summed E-state index contributed by atoms with van der Waals surface area (Å²) in [5, 5.41) is 9.13. The first-order valence-electron chi connectivity index (χ1n) is 8.15. The maximum absolute atomic E-state index is 13.9. The van der Waals surface area contributed by atoms with Crippen molar-refractivity contribution in [1.82, 2.24) is 4.68 Å². The van der Waals surface area contributed by atoms with E-state index in [0.29, 0.717) is 21.8 Å². The Morgan fingerprint density at radius 2 is 2.15 bits per heavy atom. The molecule has 4 rings (SSSR count). The molecule has 1 N–H and O–H groups in total. The van der Waals surface area contributed by atoms with Crippen molar-refractivity contribution in [2.24, 2.45) is 10.1 Å². The summed E-state index contributed by atoms with van der Waals surface area (Å²) in [6, 6.07) is 11.9. The summed E-state index contributed by atoms with van der Waals surface area (Å²) in [5.41, 5.74) is 2.59. The van der Waals surface area contributed by atoms with Crippen molar-refractivity contribution in [2.75, 3.05) is 19.0 Å². The number of amides is 1. The molecule has 2 heterocycles. The molecule has 0 unspecified atom stereocenters. The minimum atomic E-state index is -0.345. The van der Waals surface area contributed by atoms with Gasteiger partial charge < -0.3 is 10.1 Å². The van der Waals surface area contributed by atoms with E-state index in [4.69, 9.17) is 4.74 Å². The molecule has 1 aromatic heterocycles. The molecule has 0 aliphatic carbocycles. The summed E-state index contributed by atoms with van der Waals surface area (Å²) >= 11 is 1.42. The van der Waals surface area contributed by atoms with Gasteiger partial charge in [0, 0.05) is 23.6 Å². The van der Waals surface area contributed by atoms with Gasteiger partial charge in [0.15, 0.2) is 6.61 Å². The second-order valence-corrected chi connectivity index (χ2v) is 6.59. The van der Waals surface area contributed by atoms with Gasteiger partial charge in [-0.25, -0.2) is 9.07 Å². The number of halogens is 1. The molecular formula is C19H15FN4O2S. The second kappa shape index (κ2) is 7.16. The maximum atomic E-state index is 13.9. The van der Waals surface area contributed by atoms with Gasteiger partial charge in [-0.3, -0.25) is 9.79 Å². The Balaban J connectivity index is 1.77. The lowest BCUT2D eigenvalue weighted by Crippen LogP contribution is -2.25. The molecular weight excluding hydrogens is 367 g/mol. The van der Waals surface area contributed by atoms with Crippen LogP contribution in [-0.2, 0) is 4.79 Å². The van der Waals surface area contributed by atoms with Crippen molar-refractivity contribution in [3.8, 4) is 17.0 Å². The molecule has 1 amide bonds. The second-order valence-electron chi connectivity index (χ2n) is 5.75. The van der Waals surface area contributed by atoms with Gasteiger partial charge in [-0.1, -0.05) is 18.2 Å². The normalized spacial score (nSPS) is 14.1. The monoisotopic (exact) mass is 382 g/mol. The van der Waals surface area contributed by atoms with Crippen LogP contribution in [0.5, 0.6) is 5.75 Å². The van der Waals surface area contributed by atoms with Crippen molar-refractivity contribution in [2.45, 2.75) is 0 Å². The molecule has 2 aromatic carbocycles. The number of thiazole rings is 1. The number of hydrogen-bond acceptors (Lipinski definition) is 5.